The third-order valence-corrected chi connectivity index (χ3v) is 6.72. The predicted molar refractivity (Wildman–Crippen MR) is 133 cm³/mol. The Morgan fingerprint density at radius 2 is 1.74 bits per heavy atom. The molecule has 1 saturated heterocycles. The summed E-state index contributed by atoms with van der Waals surface area (Å²) in [5.74, 6) is 1.26. The van der Waals surface area contributed by atoms with Crippen LogP contribution in [0.1, 0.15) is 61.1 Å². The van der Waals surface area contributed by atoms with E-state index in [0.29, 0.717) is 17.3 Å². The molecule has 2 amide bonds. The Morgan fingerprint density at radius 1 is 1.06 bits per heavy atom. The molecule has 1 aliphatic carbocycles. The van der Waals surface area contributed by atoms with Gasteiger partial charge < -0.3 is 20.6 Å². The number of anilines is 2. The third-order valence-electron chi connectivity index (χ3n) is 6.72. The van der Waals surface area contributed by atoms with E-state index in [0.717, 1.165) is 55.5 Å². The van der Waals surface area contributed by atoms with Crippen molar-refractivity contribution in [2.45, 2.75) is 58.1 Å². The van der Waals surface area contributed by atoms with Crippen molar-refractivity contribution in [1.29, 1.82) is 0 Å². The van der Waals surface area contributed by atoms with Gasteiger partial charge in [0.05, 0.1) is 16.8 Å². The monoisotopic (exact) mass is 476 g/mol. The maximum Gasteiger partial charge on any atom is 0.256 e. The Labute approximate surface area is 204 Å². The summed E-state index contributed by atoms with van der Waals surface area (Å²) in [6.07, 6.45) is 3.69. The summed E-state index contributed by atoms with van der Waals surface area (Å²) < 4.78 is 1.81. The lowest BCUT2D eigenvalue weighted by atomic mass is 9.97. The fourth-order valence-corrected chi connectivity index (χ4v) is 4.48. The van der Waals surface area contributed by atoms with E-state index in [1.165, 1.54) is 0 Å². The molecule has 184 valence electrons. The minimum absolute atomic E-state index is 0.184. The van der Waals surface area contributed by atoms with Gasteiger partial charge in [0.1, 0.15) is 5.82 Å². The molecule has 9 heteroatoms. The Kier molecular flexibility index (Phi) is 5.96. The smallest absolute Gasteiger partial charge is 0.256 e. The summed E-state index contributed by atoms with van der Waals surface area (Å²) in [4.78, 5) is 32.0. The number of piperidine rings is 1. The van der Waals surface area contributed by atoms with Crippen molar-refractivity contribution in [3.8, 4) is 0 Å². The molecule has 1 aliphatic heterocycles. The average Bonchev–Trinajstić information content (AvgIpc) is 3.60. The predicted octanol–water partition coefficient (Wildman–Crippen LogP) is 3.01. The van der Waals surface area contributed by atoms with Gasteiger partial charge >= 0.3 is 0 Å². The highest BCUT2D eigenvalue weighted by molar-refractivity contribution is 6.04. The first-order chi connectivity index (χ1) is 16.7. The van der Waals surface area contributed by atoms with Crippen molar-refractivity contribution in [3.63, 3.8) is 0 Å². The lowest BCUT2D eigenvalue weighted by Gasteiger charge is -2.33. The molecule has 1 aromatic carbocycles. The van der Waals surface area contributed by atoms with E-state index in [1.807, 2.05) is 23.6 Å². The number of nitrogens with zero attached hydrogens (tertiary/aromatic N) is 4. The molecule has 0 atom stereocenters. The molecule has 3 aromatic rings. The first kappa shape index (κ1) is 23.3. The highest BCUT2D eigenvalue weighted by Gasteiger charge is 2.32. The summed E-state index contributed by atoms with van der Waals surface area (Å²) in [6, 6.07) is 10.9. The van der Waals surface area contributed by atoms with E-state index < -0.39 is 5.60 Å². The van der Waals surface area contributed by atoms with Crippen molar-refractivity contribution in [1.82, 2.24) is 19.9 Å². The molecule has 2 fully saturated rings. The number of aromatic nitrogens is 3. The van der Waals surface area contributed by atoms with Gasteiger partial charge in [0.15, 0.2) is 0 Å². The number of nitrogens with one attached hydrogen (secondary N) is 2. The van der Waals surface area contributed by atoms with Gasteiger partial charge in [-0.05, 0) is 70.2 Å². The standard InChI is InChI=1S/C26H32N6O3/c1-16-14-21-15-22(28-24(34)18-6-8-19(9-7-18)26(2,3)35)29-25(32(21)30-16)31-12-10-20(11-13-31)27-23(33)17-4-5-17/h6-9,14-15,17,20,35H,4-5,10-13H2,1-3H3,(H,27,33)(H,28,34). The molecule has 0 bridgehead atoms. The van der Waals surface area contributed by atoms with Crippen LogP contribution in [0.25, 0.3) is 5.52 Å². The third kappa shape index (κ3) is 5.14. The number of aryl methyl sites for hydroxylation is 1. The molecular weight excluding hydrogens is 444 g/mol. The molecule has 3 N–H and O–H groups in total. The van der Waals surface area contributed by atoms with Crippen LogP contribution < -0.4 is 15.5 Å². The van der Waals surface area contributed by atoms with Crippen molar-refractivity contribution in [2.24, 2.45) is 5.92 Å². The zero-order valence-corrected chi connectivity index (χ0v) is 20.4. The lowest BCUT2D eigenvalue weighted by molar-refractivity contribution is -0.123. The maximum absolute atomic E-state index is 12.9. The van der Waals surface area contributed by atoms with Crippen LogP contribution in [0.5, 0.6) is 0 Å². The Morgan fingerprint density at radius 3 is 2.37 bits per heavy atom. The molecule has 5 rings (SSSR count). The normalized spacial score (nSPS) is 17.0. The van der Waals surface area contributed by atoms with Gasteiger partial charge in [0.2, 0.25) is 11.9 Å². The molecule has 1 saturated carbocycles. The van der Waals surface area contributed by atoms with E-state index in [2.05, 4.69) is 20.6 Å². The molecule has 2 aliphatic rings. The van der Waals surface area contributed by atoms with Crippen LogP contribution in [0.15, 0.2) is 36.4 Å². The van der Waals surface area contributed by atoms with Crippen LogP contribution in [0, 0.1) is 12.8 Å². The molecular formula is C26H32N6O3. The maximum atomic E-state index is 12.9. The number of carbonyl (C=O) groups excluding carboxylic acids is 2. The average molecular weight is 477 g/mol. The first-order valence-electron chi connectivity index (χ1n) is 12.2. The molecule has 9 nitrogen and oxygen atoms in total. The van der Waals surface area contributed by atoms with Gasteiger partial charge in [-0.25, -0.2) is 4.52 Å². The zero-order chi connectivity index (χ0) is 24.7. The lowest BCUT2D eigenvalue weighted by Crippen LogP contribution is -2.45. The number of rotatable bonds is 6. The van der Waals surface area contributed by atoms with Crippen molar-refractivity contribution < 1.29 is 14.7 Å². The molecule has 0 radical (unpaired) electrons. The number of aliphatic hydroxyl groups is 1. The van der Waals surface area contributed by atoms with Crippen molar-refractivity contribution in [3.05, 3.63) is 53.2 Å². The number of benzene rings is 1. The summed E-state index contributed by atoms with van der Waals surface area (Å²) >= 11 is 0. The van der Waals surface area contributed by atoms with E-state index in [9.17, 15) is 14.7 Å². The molecule has 3 heterocycles. The minimum atomic E-state index is -0.968. The quantitative estimate of drug-likeness (QED) is 0.504. The van der Waals surface area contributed by atoms with Crippen LogP contribution in [-0.2, 0) is 10.4 Å². The number of hydrogen-bond acceptors (Lipinski definition) is 6. The van der Waals surface area contributed by atoms with Gasteiger partial charge in [-0.2, -0.15) is 10.1 Å². The van der Waals surface area contributed by atoms with Gasteiger partial charge in [0, 0.05) is 36.7 Å². The number of amides is 2. The van der Waals surface area contributed by atoms with Crippen LogP contribution >= 0.6 is 0 Å². The largest absolute Gasteiger partial charge is 0.386 e. The Hall–Kier alpha value is -3.46. The molecule has 2 aromatic heterocycles. The second-order valence-corrected chi connectivity index (χ2v) is 10.2. The van der Waals surface area contributed by atoms with E-state index in [-0.39, 0.29) is 23.8 Å². The Bertz CT molecular complexity index is 1250. The van der Waals surface area contributed by atoms with Crippen molar-refractivity contribution >= 4 is 29.1 Å². The number of fused-ring (bicyclic) bond motifs is 1. The number of hydrogen-bond donors (Lipinski definition) is 3. The summed E-state index contributed by atoms with van der Waals surface area (Å²) in [7, 11) is 0. The molecule has 0 spiro atoms. The van der Waals surface area contributed by atoms with Crippen LogP contribution in [0.3, 0.4) is 0 Å². The van der Waals surface area contributed by atoms with Gasteiger partial charge in [-0.1, -0.05) is 12.1 Å². The van der Waals surface area contributed by atoms with E-state index >= 15 is 0 Å². The second kappa shape index (κ2) is 8.96. The van der Waals surface area contributed by atoms with Gasteiger partial charge in [-0.15, -0.1) is 0 Å². The highest BCUT2D eigenvalue weighted by atomic mass is 16.3. The molecule has 0 unspecified atom stereocenters. The summed E-state index contributed by atoms with van der Waals surface area (Å²) in [6.45, 7) is 6.83. The zero-order valence-electron chi connectivity index (χ0n) is 20.4. The number of carbonyl (C=O) groups is 2. The highest BCUT2D eigenvalue weighted by Crippen LogP contribution is 2.30. The van der Waals surface area contributed by atoms with Gasteiger partial charge in [-0.3, -0.25) is 9.59 Å². The van der Waals surface area contributed by atoms with Crippen molar-refractivity contribution in [2.75, 3.05) is 23.3 Å². The fraction of sp³-hybridized carbons (Fsp3) is 0.462. The van der Waals surface area contributed by atoms with Gasteiger partial charge in [0.25, 0.3) is 5.91 Å². The van der Waals surface area contributed by atoms with E-state index in [4.69, 9.17) is 4.98 Å². The molecule has 35 heavy (non-hydrogen) atoms. The van der Waals surface area contributed by atoms with Crippen LogP contribution in [-0.4, -0.2) is 50.7 Å². The SMILES string of the molecule is Cc1cc2cc(NC(=O)c3ccc(C(C)(C)O)cc3)nc(N3CCC(NC(=O)C4CC4)CC3)n2n1. The topological polar surface area (TPSA) is 112 Å². The first-order valence-corrected chi connectivity index (χ1v) is 12.2. The fourth-order valence-electron chi connectivity index (χ4n) is 4.48. The summed E-state index contributed by atoms with van der Waals surface area (Å²) in [5, 5.41) is 20.9. The van der Waals surface area contributed by atoms with Crippen LogP contribution in [0.4, 0.5) is 11.8 Å². The Balaban J connectivity index is 1.33. The summed E-state index contributed by atoms with van der Waals surface area (Å²) in [5.41, 5.74) is 1.97. The van der Waals surface area contributed by atoms with Crippen LogP contribution in [0.2, 0.25) is 0 Å². The minimum Gasteiger partial charge on any atom is -0.386 e. The van der Waals surface area contributed by atoms with E-state index in [1.54, 1.807) is 38.1 Å². The second-order valence-electron chi connectivity index (χ2n) is 10.2.